The molecule has 110 valence electrons. The molecular formula is C15H24N4O. The summed E-state index contributed by atoms with van der Waals surface area (Å²) in [6.45, 7) is 4.63. The summed E-state index contributed by atoms with van der Waals surface area (Å²) in [6.07, 6.45) is 7.92. The van der Waals surface area contributed by atoms with Crippen LogP contribution in [0.1, 0.15) is 31.4 Å². The standard InChI is InChI=1S/C15H24N4O/c1-2-6-16-13(3-1)4-5-14-11-15(18-12-17-14)19-7-9-20-10-8-19/h11-13,16H,1-10H2. The van der Waals surface area contributed by atoms with Crippen LogP contribution in [-0.4, -0.2) is 48.9 Å². The number of rotatable bonds is 4. The number of nitrogens with one attached hydrogen (secondary N) is 1. The van der Waals surface area contributed by atoms with Crippen LogP contribution in [0.5, 0.6) is 0 Å². The zero-order valence-electron chi connectivity index (χ0n) is 12.1. The number of morpholine rings is 1. The summed E-state index contributed by atoms with van der Waals surface area (Å²) in [6, 6.07) is 2.82. The fourth-order valence-corrected chi connectivity index (χ4v) is 2.98. The van der Waals surface area contributed by atoms with Gasteiger partial charge in [0.1, 0.15) is 12.1 Å². The fourth-order valence-electron chi connectivity index (χ4n) is 2.98. The highest BCUT2D eigenvalue weighted by molar-refractivity contribution is 5.39. The molecule has 1 atom stereocenters. The monoisotopic (exact) mass is 276 g/mol. The van der Waals surface area contributed by atoms with Gasteiger partial charge in [-0.2, -0.15) is 0 Å². The summed E-state index contributed by atoms with van der Waals surface area (Å²) < 4.78 is 5.38. The average molecular weight is 276 g/mol. The molecule has 2 saturated heterocycles. The summed E-state index contributed by atoms with van der Waals surface area (Å²) in [5.74, 6) is 1.05. The van der Waals surface area contributed by atoms with Gasteiger partial charge in [0.05, 0.1) is 13.2 Å². The van der Waals surface area contributed by atoms with Gasteiger partial charge in [0.25, 0.3) is 0 Å². The first-order valence-electron chi connectivity index (χ1n) is 7.79. The zero-order chi connectivity index (χ0) is 13.6. The molecule has 1 aromatic rings. The molecule has 2 aliphatic rings. The quantitative estimate of drug-likeness (QED) is 0.900. The first kappa shape index (κ1) is 13.8. The van der Waals surface area contributed by atoms with Crippen LogP contribution in [-0.2, 0) is 11.2 Å². The van der Waals surface area contributed by atoms with Crippen LogP contribution in [0.3, 0.4) is 0 Å². The van der Waals surface area contributed by atoms with Gasteiger partial charge in [-0.1, -0.05) is 6.42 Å². The number of ether oxygens (including phenoxy) is 1. The Labute approximate surface area is 120 Å². The Morgan fingerprint density at radius 2 is 2.15 bits per heavy atom. The van der Waals surface area contributed by atoms with Gasteiger partial charge in [0, 0.05) is 30.9 Å². The number of anilines is 1. The van der Waals surface area contributed by atoms with Crippen molar-refractivity contribution in [1.29, 1.82) is 0 Å². The average Bonchev–Trinajstić information content (AvgIpc) is 2.55. The predicted molar refractivity (Wildman–Crippen MR) is 79.0 cm³/mol. The van der Waals surface area contributed by atoms with Gasteiger partial charge in [-0.15, -0.1) is 0 Å². The maximum atomic E-state index is 5.38. The molecule has 3 heterocycles. The van der Waals surface area contributed by atoms with E-state index in [0.717, 1.165) is 44.2 Å². The van der Waals surface area contributed by atoms with Crippen molar-refractivity contribution in [3.63, 3.8) is 0 Å². The van der Waals surface area contributed by atoms with E-state index in [9.17, 15) is 0 Å². The SMILES string of the molecule is c1nc(CCC2CCCCN2)cc(N2CCOCC2)n1. The normalized spacial score (nSPS) is 23.8. The molecule has 1 N–H and O–H groups in total. The molecule has 3 rings (SSSR count). The summed E-state index contributed by atoms with van der Waals surface area (Å²) in [7, 11) is 0. The van der Waals surface area contributed by atoms with Gasteiger partial charge in [-0.25, -0.2) is 9.97 Å². The Morgan fingerprint density at radius 3 is 2.95 bits per heavy atom. The molecule has 1 unspecified atom stereocenters. The summed E-state index contributed by atoms with van der Waals surface area (Å²) in [5.41, 5.74) is 1.16. The van der Waals surface area contributed by atoms with Gasteiger partial charge >= 0.3 is 0 Å². The van der Waals surface area contributed by atoms with E-state index in [1.54, 1.807) is 6.33 Å². The number of piperidine rings is 1. The minimum atomic E-state index is 0.672. The minimum Gasteiger partial charge on any atom is -0.378 e. The van der Waals surface area contributed by atoms with Gasteiger partial charge in [0.15, 0.2) is 0 Å². The maximum absolute atomic E-state index is 5.38. The molecule has 0 amide bonds. The lowest BCUT2D eigenvalue weighted by molar-refractivity contribution is 0.122. The van der Waals surface area contributed by atoms with E-state index < -0.39 is 0 Å². The van der Waals surface area contributed by atoms with Gasteiger partial charge < -0.3 is 15.0 Å². The summed E-state index contributed by atoms with van der Waals surface area (Å²) >= 11 is 0. The lowest BCUT2D eigenvalue weighted by Crippen LogP contribution is -2.37. The van der Waals surface area contributed by atoms with E-state index in [4.69, 9.17) is 4.74 Å². The van der Waals surface area contributed by atoms with Crippen LogP contribution in [0, 0.1) is 0 Å². The molecule has 0 aromatic carbocycles. The first-order valence-corrected chi connectivity index (χ1v) is 7.79. The molecule has 0 spiro atoms. The fraction of sp³-hybridized carbons (Fsp3) is 0.733. The highest BCUT2D eigenvalue weighted by Gasteiger charge is 2.15. The van der Waals surface area contributed by atoms with Crippen molar-refractivity contribution in [2.45, 2.75) is 38.1 Å². The number of aromatic nitrogens is 2. The van der Waals surface area contributed by atoms with Gasteiger partial charge in [0.2, 0.25) is 0 Å². The largest absolute Gasteiger partial charge is 0.378 e. The van der Waals surface area contributed by atoms with Crippen LogP contribution < -0.4 is 10.2 Å². The number of hydrogen-bond donors (Lipinski definition) is 1. The smallest absolute Gasteiger partial charge is 0.132 e. The van der Waals surface area contributed by atoms with Crippen molar-refractivity contribution in [2.75, 3.05) is 37.7 Å². The van der Waals surface area contributed by atoms with E-state index >= 15 is 0 Å². The molecule has 0 aliphatic carbocycles. The van der Waals surface area contributed by atoms with Crippen molar-refractivity contribution in [2.24, 2.45) is 0 Å². The number of hydrogen-bond acceptors (Lipinski definition) is 5. The first-order chi connectivity index (χ1) is 9.92. The van der Waals surface area contributed by atoms with Crippen LogP contribution in [0.2, 0.25) is 0 Å². The van der Waals surface area contributed by atoms with Crippen LogP contribution >= 0.6 is 0 Å². The molecule has 0 bridgehead atoms. The lowest BCUT2D eigenvalue weighted by Gasteiger charge is -2.28. The van der Waals surface area contributed by atoms with Crippen molar-refractivity contribution in [3.05, 3.63) is 18.1 Å². The molecule has 0 saturated carbocycles. The molecule has 2 fully saturated rings. The van der Waals surface area contributed by atoms with Crippen molar-refractivity contribution >= 4 is 5.82 Å². The van der Waals surface area contributed by atoms with Gasteiger partial charge in [-0.3, -0.25) is 0 Å². The summed E-state index contributed by atoms with van der Waals surface area (Å²) in [5, 5.41) is 3.60. The van der Waals surface area contributed by atoms with Crippen molar-refractivity contribution < 1.29 is 4.74 Å². The maximum Gasteiger partial charge on any atom is 0.132 e. The van der Waals surface area contributed by atoms with E-state index in [1.165, 1.54) is 32.2 Å². The van der Waals surface area contributed by atoms with Crippen LogP contribution in [0.4, 0.5) is 5.82 Å². The van der Waals surface area contributed by atoms with Crippen LogP contribution in [0.25, 0.3) is 0 Å². The predicted octanol–water partition coefficient (Wildman–Crippen LogP) is 1.39. The van der Waals surface area contributed by atoms with Crippen molar-refractivity contribution in [3.8, 4) is 0 Å². The molecule has 0 radical (unpaired) electrons. The second-order valence-electron chi connectivity index (χ2n) is 5.65. The van der Waals surface area contributed by atoms with Gasteiger partial charge in [-0.05, 0) is 32.2 Å². The molecule has 20 heavy (non-hydrogen) atoms. The topological polar surface area (TPSA) is 50.3 Å². The Hall–Kier alpha value is -1.20. The van der Waals surface area contributed by atoms with Crippen molar-refractivity contribution in [1.82, 2.24) is 15.3 Å². The third-order valence-corrected chi connectivity index (χ3v) is 4.21. The minimum absolute atomic E-state index is 0.672. The third-order valence-electron chi connectivity index (χ3n) is 4.21. The lowest BCUT2D eigenvalue weighted by atomic mass is 10.00. The number of nitrogens with zero attached hydrogens (tertiary/aromatic N) is 3. The second kappa shape index (κ2) is 6.99. The molecule has 1 aromatic heterocycles. The van der Waals surface area contributed by atoms with E-state index in [0.29, 0.717) is 6.04 Å². The summed E-state index contributed by atoms with van der Waals surface area (Å²) in [4.78, 5) is 11.1. The molecular weight excluding hydrogens is 252 g/mol. The Kier molecular flexibility index (Phi) is 4.82. The number of aryl methyl sites for hydroxylation is 1. The molecule has 5 nitrogen and oxygen atoms in total. The van der Waals surface area contributed by atoms with Crippen LogP contribution in [0.15, 0.2) is 12.4 Å². The second-order valence-corrected chi connectivity index (χ2v) is 5.65. The third kappa shape index (κ3) is 3.67. The van der Waals surface area contributed by atoms with E-state index in [1.807, 2.05) is 0 Å². The highest BCUT2D eigenvalue weighted by atomic mass is 16.5. The van der Waals surface area contributed by atoms with E-state index in [-0.39, 0.29) is 0 Å². The molecule has 2 aliphatic heterocycles. The Bertz CT molecular complexity index is 414. The van der Waals surface area contributed by atoms with E-state index in [2.05, 4.69) is 26.3 Å². The molecule has 5 heteroatoms. The zero-order valence-corrected chi connectivity index (χ0v) is 12.1. The highest BCUT2D eigenvalue weighted by Crippen LogP contribution is 2.16. The Balaban J connectivity index is 1.56. The Morgan fingerprint density at radius 1 is 1.25 bits per heavy atom.